The molecule has 140 valence electrons. The van der Waals surface area contributed by atoms with Crippen LogP contribution in [-0.4, -0.2) is 58.1 Å². The van der Waals surface area contributed by atoms with Gasteiger partial charge < -0.3 is 14.2 Å². The second-order valence-electron chi connectivity index (χ2n) is 6.16. The molecule has 0 aliphatic carbocycles. The molecule has 26 heavy (non-hydrogen) atoms. The van der Waals surface area contributed by atoms with Gasteiger partial charge in [0.1, 0.15) is 0 Å². The van der Waals surface area contributed by atoms with Crippen molar-refractivity contribution >= 4 is 29.3 Å². The van der Waals surface area contributed by atoms with Crippen LogP contribution >= 0.6 is 23.4 Å². The third kappa shape index (κ3) is 4.58. The van der Waals surface area contributed by atoms with Gasteiger partial charge in [0.25, 0.3) is 0 Å². The maximum atomic E-state index is 12.3. The van der Waals surface area contributed by atoms with E-state index >= 15 is 0 Å². The topological polar surface area (TPSA) is 60.2 Å². The SMILES string of the molecule is COCCCn1c(SCC(=O)N2CCCC2)nnc1-c1ccccc1Cl. The van der Waals surface area contributed by atoms with Crippen molar-refractivity contribution in [2.45, 2.75) is 31.0 Å². The summed E-state index contributed by atoms with van der Waals surface area (Å²) >= 11 is 7.78. The number of halogens is 1. The van der Waals surface area contributed by atoms with Gasteiger partial charge in [-0.1, -0.05) is 35.5 Å². The Morgan fingerprint density at radius 1 is 1.27 bits per heavy atom. The van der Waals surface area contributed by atoms with Gasteiger partial charge in [-0.3, -0.25) is 4.79 Å². The van der Waals surface area contributed by atoms with Crippen molar-refractivity contribution in [2.75, 3.05) is 32.6 Å². The van der Waals surface area contributed by atoms with Crippen LogP contribution in [0.3, 0.4) is 0 Å². The van der Waals surface area contributed by atoms with Crippen molar-refractivity contribution in [2.24, 2.45) is 0 Å². The first kappa shape index (κ1) is 19.2. The van der Waals surface area contributed by atoms with E-state index < -0.39 is 0 Å². The fraction of sp³-hybridized carbons (Fsp3) is 0.500. The highest BCUT2D eigenvalue weighted by atomic mass is 35.5. The minimum absolute atomic E-state index is 0.165. The second-order valence-corrected chi connectivity index (χ2v) is 7.51. The molecule has 0 spiro atoms. The molecule has 1 amide bonds. The number of hydrogen-bond donors (Lipinski definition) is 0. The third-order valence-electron chi connectivity index (χ3n) is 4.35. The Bertz CT molecular complexity index is 747. The van der Waals surface area contributed by atoms with Crippen molar-refractivity contribution in [3.05, 3.63) is 29.3 Å². The van der Waals surface area contributed by atoms with Gasteiger partial charge >= 0.3 is 0 Å². The highest BCUT2D eigenvalue weighted by molar-refractivity contribution is 7.99. The number of amides is 1. The van der Waals surface area contributed by atoms with Gasteiger partial charge in [0.15, 0.2) is 11.0 Å². The normalized spacial score (nSPS) is 14.2. The summed E-state index contributed by atoms with van der Waals surface area (Å²) in [6.07, 6.45) is 3.03. The molecule has 0 N–H and O–H groups in total. The molecular formula is C18H23ClN4O2S. The lowest BCUT2D eigenvalue weighted by atomic mass is 10.2. The Kier molecular flexibility index (Phi) is 6.93. The highest BCUT2D eigenvalue weighted by Crippen LogP contribution is 2.29. The molecule has 0 unspecified atom stereocenters. The molecule has 0 bridgehead atoms. The summed E-state index contributed by atoms with van der Waals surface area (Å²) in [5.74, 6) is 1.27. The number of methoxy groups -OCH3 is 1. The predicted molar refractivity (Wildman–Crippen MR) is 103 cm³/mol. The summed E-state index contributed by atoms with van der Waals surface area (Å²) < 4.78 is 7.20. The fourth-order valence-corrected chi connectivity index (χ4v) is 4.08. The second kappa shape index (κ2) is 9.39. The molecule has 3 rings (SSSR count). The summed E-state index contributed by atoms with van der Waals surface area (Å²) in [5.41, 5.74) is 0.844. The zero-order valence-corrected chi connectivity index (χ0v) is 16.4. The first-order valence-corrected chi connectivity index (χ1v) is 10.1. The Hall–Kier alpha value is -1.57. The molecule has 1 fully saturated rings. The van der Waals surface area contributed by atoms with Crippen LogP contribution < -0.4 is 0 Å². The van der Waals surface area contributed by atoms with E-state index in [0.29, 0.717) is 23.9 Å². The van der Waals surface area contributed by atoms with Gasteiger partial charge in [-0.25, -0.2) is 0 Å². The molecule has 0 atom stereocenters. The largest absolute Gasteiger partial charge is 0.385 e. The Labute approximate surface area is 162 Å². The standard InChI is InChI=1S/C18H23ClN4O2S/c1-25-12-6-11-23-17(14-7-2-3-8-15(14)19)20-21-18(23)26-13-16(24)22-9-4-5-10-22/h2-3,7-8H,4-6,9-13H2,1H3. The van der Waals surface area contributed by atoms with Crippen LogP contribution in [0.2, 0.25) is 5.02 Å². The van der Waals surface area contributed by atoms with E-state index in [-0.39, 0.29) is 5.91 Å². The summed E-state index contributed by atoms with van der Waals surface area (Å²) in [4.78, 5) is 14.3. The summed E-state index contributed by atoms with van der Waals surface area (Å²) in [6, 6.07) is 7.60. The average Bonchev–Trinajstić information content (AvgIpc) is 3.31. The molecule has 1 aromatic carbocycles. The van der Waals surface area contributed by atoms with Crippen LogP contribution in [0.5, 0.6) is 0 Å². The number of hydrogen-bond acceptors (Lipinski definition) is 5. The van der Waals surface area contributed by atoms with E-state index in [1.54, 1.807) is 7.11 Å². The van der Waals surface area contributed by atoms with E-state index in [9.17, 15) is 4.79 Å². The quantitative estimate of drug-likeness (QED) is 0.507. The number of aromatic nitrogens is 3. The lowest BCUT2D eigenvalue weighted by molar-refractivity contribution is -0.127. The van der Waals surface area contributed by atoms with Crippen molar-refractivity contribution in [3.8, 4) is 11.4 Å². The summed E-state index contributed by atoms with van der Waals surface area (Å²) in [5, 5.41) is 10.0. The molecule has 8 heteroatoms. The maximum absolute atomic E-state index is 12.3. The predicted octanol–water partition coefficient (Wildman–Crippen LogP) is 3.35. The van der Waals surface area contributed by atoms with Crippen LogP contribution in [0.4, 0.5) is 0 Å². The minimum Gasteiger partial charge on any atom is -0.385 e. The van der Waals surface area contributed by atoms with Crippen LogP contribution in [-0.2, 0) is 16.1 Å². The smallest absolute Gasteiger partial charge is 0.233 e. The zero-order valence-electron chi connectivity index (χ0n) is 14.9. The Morgan fingerprint density at radius 3 is 2.77 bits per heavy atom. The summed E-state index contributed by atoms with van der Waals surface area (Å²) in [7, 11) is 1.69. The van der Waals surface area contributed by atoms with Crippen LogP contribution in [0.25, 0.3) is 11.4 Å². The number of thioether (sulfide) groups is 1. The molecule has 0 radical (unpaired) electrons. The van der Waals surface area contributed by atoms with E-state index in [2.05, 4.69) is 10.2 Å². The number of likely N-dealkylation sites (tertiary alicyclic amines) is 1. The summed E-state index contributed by atoms with van der Waals surface area (Å²) in [6.45, 7) is 3.09. The molecular weight excluding hydrogens is 372 g/mol. The monoisotopic (exact) mass is 394 g/mol. The highest BCUT2D eigenvalue weighted by Gasteiger charge is 2.21. The first-order valence-electron chi connectivity index (χ1n) is 8.78. The fourth-order valence-electron chi connectivity index (χ4n) is 2.99. The molecule has 1 aliphatic rings. The molecule has 1 saturated heterocycles. The maximum Gasteiger partial charge on any atom is 0.233 e. The van der Waals surface area contributed by atoms with Crippen LogP contribution in [0.1, 0.15) is 19.3 Å². The van der Waals surface area contributed by atoms with Gasteiger partial charge in [-0.15, -0.1) is 10.2 Å². The third-order valence-corrected chi connectivity index (χ3v) is 5.63. The first-order chi connectivity index (χ1) is 12.7. The van der Waals surface area contributed by atoms with Crippen molar-refractivity contribution < 1.29 is 9.53 Å². The van der Waals surface area contributed by atoms with Gasteiger partial charge in [0, 0.05) is 38.9 Å². The Morgan fingerprint density at radius 2 is 2.04 bits per heavy atom. The number of benzene rings is 1. The number of rotatable bonds is 8. The number of carbonyl (C=O) groups is 1. The lowest BCUT2D eigenvalue weighted by Crippen LogP contribution is -2.29. The van der Waals surface area contributed by atoms with Gasteiger partial charge in [-0.2, -0.15) is 0 Å². The van der Waals surface area contributed by atoms with Crippen LogP contribution in [0, 0.1) is 0 Å². The lowest BCUT2D eigenvalue weighted by Gasteiger charge is -2.15. The van der Waals surface area contributed by atoms with E-state index in [1.807, 2.05) is 33.7 Å². The number of ether oxygens (including phenoxy) is 1. The van der Waals surface area contributed by atoms with E-state index in [4.69, 9.17) is 16.3 Å². The van der Waals surface area contributed by atoms with Crippen molar-refractivity contribution in [1.82, 2.24) is 19.7 Å². The average molecular weight is 395 g/mol. The van der Waals surface area contributed by atoms with Crippen molar-refractivity contribution in [1.29, 1.82) is 0 Å². The number of carbonyl (C=O) groups excluding carboxylic acids is 1. The number of nitrogens with zero attached hydrogens (tertiary/aromatic N) is 4. The molecule has 2 aromatic rings. The molecule has 2 heterocycles. The molecule has 1 aromatic heterocycles. The van der Waals surface area contributed by atoms with Gasteiger partial charge in [0.05, 0.1) is 10.8 Å². The molecule has 6 nitrogen and oxygen atoms in total. The minimum atomic E-state index is 0.165. The molecule has 1 aliphatic heterocycles. The van der Waals surface area contributed by atoms with Gasteiger partial charge in [0.2, 0.25) is 5.91 Å². The van der Waals surface area contributed by atoms with E-state index in [1.165, 1.54) is 11.8 Å². The van der Waals surface area contributed by atoms with Crippen LogP contribution in [0.15, 0.2) is 29.4 Å². The van der Waals surface area contributed by atoms with Crippen molar-refractivity contribution in [3.63, 3.8) is 0 Å². The zero-order chi connectivity index (χ0) is 18.4. The molecule has 0 saturated carbocycles. The van der Waals surface area contributed by atoms with Gasteiger partial charge in [-0.05, 0) is 31.4 Å². The Balaban J connectivity index is 1.78. The van der Waals surface area contributed by atoms with E-state index in [0.717, 1.165) is 48.9 Å².